The van der Waals surface area contributed by atoms with Crippen molar-refractivity contribution in [3.63, 3.8) is 0 Å². The molecule has 3 fully saturated rings. The monoisotopic (exact) mass is 324 g/mol. The van der Waals surface area contributed by atoms with Crippen LogP contribution in [0.3, 0.4) is 0 Å². The molecule has 0 aromatic carbocycles. The third-order valence-electron chi connectivity index (χ3n) is 5.97. The number of rotatable bonds is 4. The Labute approximate surface area is 132 Å². The highest BCUT2D eigenvalue weighted by Crippen LogP contribution is 2.55. The molecule has 2 bridgehead atoms. The molecule has 1 saturated heterocycles. The van der Waals surface area contributed by atoms with Crippen LogP contribution in [0.5, 0.6) is 0 Å². The zero-order valence-electron chi connectivity index (χ0n) is 13.2. The van der Waals surface area contributed by atoms with Crippen molar-refractivity contribution >= 4 is 10.2 Å². The van der Waals surface area contributed by atoms with Crippen LogP contribution in [0.1, 0.15) is 25.1 Å². The van der Waals surface area contributed by atoms with Gasteiger partial charge in [0, 0.05) is 39.6 Å². The number of aromatic nitrogens is 2. The van der Waals surface area contributed by atoms with E-state index in [2.05, 4.69) is 9.88 Å². The summed E-state index contributed by atoms with van der Waals surface area (Å²) < 4.78 is 27.2. The summed E-state index contributed by atoms with van der Waals surface area (Å²) in [5.74, 6) is 4.15. The van der Waals surface area contributed by atoms with Crippen LogP contribution in [-0.4, -0.2) is 53.8 Å². The van der Waals surface area contributed by atoms with Gasteiger partial charge in [-0.05, 0) is 42.9 Å². The topological polar surface area (TPSA) is 58.4 Å². The third kappa shape index (κ3) is 2.13. The SMILES string of the molecule is CN(C)S(=O)(=O)n1ccnc1CN1CC2C3CCC(C3)C2C1. The summed E-state index contributed by atoms with van der Waals surface area (Å²) in [7, 11) is -0.368. The lowest BCUT2D eigenvalue weighted by Gasteiger charge is -2.22. The van der Waals surface area contributed by atoms with Crippen LogP contribution in [0.15, 0.2) is 12.4 Å². The molecule has 4 rings (SSSR count). The second kappa shape index (κ2) is 5.04. The highest BCUT2D eigenvalue weighted by Gasteiger charge is 2.51. The van der Waals surface area contributed by atoms with E-state index in [0.29, 0.717) is 12.4 Å². The van der Waals surface area contributed by atoms with Crippen LogP contribution >= 0.6 is 0 Å². The summed E-state index contributed by atoms with van der Waals surface area (Å²) in [6.45, 7) is 2.86. The number of hydrogen-bond acceptors (Lipinski definition) is 4. The van der Waals surface area contributed by atoms with Crippen LogP contribution in [0, 0.1) is 23.7 Å². The Morgan fingerprint density at radius 3 is 2.45 bits per heavy atom. The van der Waals surface area contributed by atoms with Crippen LogP contribution in [0.4, 0.5) is 0 Å². The van der Waals surface area contributed by atoms with Crippen molar-refractivity contribution in [2.24, 2.45) is 23.7 Å². The van der Waals surface area contributed by atoms with Gasteiger partial charge in [0.1, 0.15) is 5.82 Å². The fourth-order valence-corrected chi connectivity index (χ4v) is 5.85. The minimum Gasteiger partial charge on any atom is -0.295 e. The summed E-state index contributed by atoms with van der Waals surface area (Å²) >= 11 is 0. The summed E-state index contributed by atoms with van der Waals surface area (Å²) in [5, 5.41) is 0. The van der Waals surface area contributed by atoms with E-state index in [1.165, 1.54) is 27.5 Å². The fourth-order valence-electron chi connectivity index (χ4n) is 4.92. The first-order valence-electron chi connectivity index (χ1n) is 8.14. The van der Waals surface area contributed by atoms with E-state index in [0.717, 1.165) is 36.8 Å². The molecule has 4 atom stereocenters. The van der Waals surface area contributed by atoms with Gasteiger partial charge in [0.2, 0.25) is 0 Å². The van der Waals surface area contributed by atoms with Crippen molar-refractivity contribution in [1.82, 2.24) is 18.2 Å². The van der Waals surface area contributed by atoms with E-state index in [1.54, 1.807) is 26.5 Å². The van der Waals surface area contributed by atoms with Crippen LogP contribution in [0.2, 0.25) is 0 Å². The maximum Gasteiger partial charge on any atom is 0.308 e. The molecule has 7 heteroatoms. The molecule has 0 radical (unpaired) electrons. The molecule has 3 aliphatic rings. The second-order valence-electron chi connectivity index (χ2n) is 7.28. The van der Waals surface area contributed by atoms with Gasteiger partial charge in [-0.25, -0.2) is 8.96 Å². The molecule has 1 aromatic heterocycles. The molecular formula is C15H24N4O2S. The molecule has 122 valence electrons. The number of hydrogen-bond donors (Lipinski definition) is 0. The van der Waals surface area contributed by atoms with Gasteiger partial charge in [-0.1, -0.05) is 0 Å². The van der Waals surface area contributed by atoms with E-state index < -0.39 is 10.2 Å². The van der Waals surface area contributed by atoms with Gasteiger partial charge in [0.05, 0.1) is 6.54 Å². The highest BCUT2D eigenvalue weighted by molar-refractivity contribution is 7.87. The highest BCUT2D eigenvalue weighted by atomic mass is 32.2. The van der Waals surface area contributed by atoms with Gasteiger partial charge >= 0.3 is 10.2 Å². The Morgan fingerprint density at radius 1 is 1.23 bits per heavy atom. The van der Waals surface area contributed by atoms with E-state index in [1.807, 2.05) is 0 Å². The lowest BCUT2D eigenvalue weighted by Crippen LogP contribution is -2.32. The molecule has 6 nitrogen and oxygen atoms in total. The minimum atomic E-state index is -3.47. The first-order chi connectivity index (χ1) is 10.5. The van der Waals surface area contributed by atoms with Crippen molar-refractivity contribution in [3.8, 4) is 0 Å². The fraction of sp³-hybridized carbons (Fsp3) is 0.800. The average Bonchev–Trinajstić information content (AvgIpc) is 3.20. The third-order valence-corrected chi connectivity index (χ3v) is 7.72. The van der Waals surface area contributed by atoms with Gasteiger partial charge in [-0.15, -0.1) is 0 Å². The van der Waals surface area contributed by atoms with Gasteiger partial charge in [-0.3, -0.25) is 4.90 Å². The normalized spacial score (nSPS) is 34.7. The summed E-state index contributed by atoms with van der Waals surface area (Å²) in [6, 6.07) is 0. The summed E-state index contributed by atoms with van der Waals surface area (Å²) in [5.41, 5.74) is 0. The second-order valence-corrected chi connectivity index (χ2v) is 9.30. The number of nitrogens with zero attached hydrogens (tertiary/aromatic N) is 4. The average molecular weight is 324 g/mol. The standard InChI is InChI=1S/C15H24N4O2S/c1-17(2)22(20,21)19-6-5-16-15(19)10-18-8-13-11-3-4-12(7-11)14(13)9-18/h5-6,11-14H,3-4,7-10H2,1-2H3. The number of imidazole rings is 1. The minimum absolute atomic E-state index is 0.626. The van der Waals surface area contributed by atoms with E-state index >= 15 is 0 Å². The molecule has 2 saturated carbocycles. The number of fused-ring (bicyclic) bond motifs is 5. The summed E-state index contributed by atoms with van der Waals surface area (Å²) in [6.07, 6.45) is 7.38. The Morgan fingerprint density at radius 2 is 1.86 bits per heavy atom. The van der Waals surface area contributed by atoms with Crippen molar-refractivity contribution in [1.29, 1.82) is 0 Å². The van der Waals surface area contributed by atoms with E-state index in [-0.39, 0.29) is 0 Å². The molecule has 4 unspecified atom stereocenters. The molecule has 0 amide bonds. The zero-order valence-corrected chi connectivity index (χ0v) is 14.0. The predicted molar refractivity (Wildman–Crippen MR) is 83.3 cm³/mol. The molecule has 1 aromatic rings. The number of likely N-dealkylation sites (tertiary alicyclic amines) is 1. The molecule has 22 heavy (non-hydrogen) atoms. The van der Waals surface area contributed by atoms with Crippen LogP contribution < -0.4 is 0 Å². The van der Waals surface area contributed by atoms with Gasteiger partial charge in [0.15, 0.2) is 0 Å². The maximum absolute atomic E-state index is 12.3. The van der Waals surface area contributed by atoms with Crippen LogP contribution in [-0.2, 0) is 16.8 Å². The van der Waals surface area contributed by atoms with Gasteiger partial charge < -0.3 is 0 Å². The van der Waals surface area contributed by atoms with Crippen molar-refractivity contribution < 1.29 is 8.42 Å². The van der Waals surface area contributed by atoms with Crippen molar-refractivity contribution in [2.45, 2.75) is 25.8 Å². The molecule has 2 heterocycles. The maximum atomic E-state index is 12.3. The lowest BCUT2D eigenvalue weighted by atomic mass is 9.82. The smallest absolute Gasteiger partial charge is 0.295 e. The molecule has 1 aliphatic heterocycles. The molecular weight excluding hydrogens is 300 g/mol. The van der Waals surface area contributed by atoms with Crippen molar-refractivity contribution in [3.05, 3.63) is 18.2 Å². The Balaban J connectivity index is 1.51. The van der Waals surface area contributed by atoms with Crippen LogP contribution in [0.25, 0.3) is 0 Å². The largest absolute Gasteiger partial charge is 0.308 e. The predicted octanol–water partition coefficient (Wildman–Crippen LogP) is 1.02. The van der Waals surface area contributed by atoms with Crippen molar-refractivity contribution in [2.75, 3.05) is 27.2 Å². The lowest BCUT2D eigenvalue weighted by molar-refractivity contribution is 0.280. The van der Waals surface area contributed by atoms with Gasteiger partial charge in [-0.2, -0.15) is 12.7 Å². The summed E-state index contributed by atoms with van der Waals surface area (Å²) in [4.78, 5) is 6.70. The molecule has 0 spiro atoms. The van der Waals surface area contributed by atoms with Gasteiger partial charge in [0.25, 0.3) is 0 Å². The van der Waals surface area contributed by atoms with E-state index in [4.69, 9.17) is 0 Å². The Kier molecular flexibility index (Phi) is 3.36. The Bertz CT molecular complexity index is 651. The quantitative estimate of drug-likeness (QED) is 0.829. The van der Waals surface area contributed by atoms with E-state index in [9.17, 15) is 8.42 Å². The molecule has 2 aliphatic carbocycles. The first kappa shape index (κ1) is 14.7. The molecule has 0 N–H and O–H groups in total. The Hall–Kier alpha value is -0.920. The zero-order chi connectivity index (χ0) is 15.5. The first-order valence-corrected chi connectivity index (χ1v) is 9.54.